The highest BCUT2D eigenvalue weighted by molar-refractivity contribution is 9.10. The number of alkyl halides is 1. The van der Waals surface area contributed by atoms with E-state index in [9.17, 15) is 0 Å². The molecule has 0 saturated carbocycles. The van der Waals surface area contributed by atoms with Gasteiger partial charge in [-0.2, -0.15) is 0 Å². The summed E-state index contributed by atoms with van der Waals surface area (Å²) in [7, 11) is 2.09. The van der Waals surface area contributed by atoms with Gasteiger partial charge in [0.05, 0.1) is 0 Å². The number of hydrogen-bond donors (Lipinski definition) is 0. The fourth-order valence-electron chi connectivity index (χ4n) is 1.11. The van der Waals surface area contributed by atoms with Crippen LogP contribution in [0.2, 0.25) is 0 Å². The van der Waals surface area contributed by atoms with Crippen molar-refractivity contribution in [3.63, 3.8) is 0 Å². The van der Waals surface area contributed by atoms with Crippen molar-refractivity contribution >= 4 is 31.9 Å². The third-order valence-corrected chi connectivity index (χ3v) is 2.90. The summed E-state index contributed by atoms with van der Waals surface area (Å²) in [4.78, 5) is 2.23. The van der Waals surface area contributed by atoms with Gasteiger partial charge in [0.15, 0.2) is 0 Å². The monoisotopic (exact) mass is 335 g/mol. The predicted molar refractivity (Wildman–Crippen MR) is 70.9 cm³/mol. The van der Waals surface area contributed by atoms with Crippen LogP contribution in [0.1, 0.15) is 0 Å². The van der Waals surface area contributed by atoms with E-state index in [1.165, 1.54) is 0 Å². The highest BCUT2D eigenvalue weighted by Gasteiger charge is 1.97. The van der Waals surface area contributed by atoms with E-state index in [4.69, 9.17) is 4.74 Å². The van der Waals surface area contributed by atoms with Crippen molar-refractivity contribution in [1.29, 1.82) is 0 Å². The number of ether oxygens (including phenoxy) is 1. The molecule has 4 heteroatoms. The Bertz CT molecular complexity index is 276. The first-order valence-corrected chi connectivity index (χ1v) is 6.76. The van der Waals surface area contributed by atoms with Crippen molar-refractivity contribution < 1.29 is 4.74 Å². The molecule has 15 heavy (non-hydrogen) atoms. The molecule has 2 nitrogen and oxygen atoms in total. The van der Waals surface area contributed by atoms with E-state index in [2.05, 4.69) is 43.8 Å². The number of nitrogens with zero attached hydrogens (tertiary/aromatic N) is 1. The summed E-state index contributed by atoms with van der Waals surface area (Å²) in [6, 6.07) is 7.90. The molecule has 84 valence electrons. The zero-order valence-electron chi connectivity index (χ0n) is 8.75. The van der Waals surface area contributed by atoms with Gasteiger partial charge in [-0.1, -0.05) is 31.9 Å². The second kappa shape index (κ2) is 7.25. The number of halogens is 2. The normalized spacial score (nSPS) is 10.7. The maximum atomic E-state index is 5.60. The Morgan fingerprint density at radius 3 is 2.47 bits per heavy atom. The minimum Gasteiger partial charge on any atom is -0.492 e. The van der Waals surface area contributed by atoms with Gasteiger partial charge in [0, 0.05) is 22.9 Å². The quantitative estimate of drug-likeness (QED) is 0.740. The van der Waals surface area contributed by atoms with E-state index in [1.54, 1.807) is 0 Å². The first-order chi connectivity index (χ1) is 7.22. The maximum absolute atomic E-state index is 5.60. The smallest absolute Gasteiger partial charge is 0.119 e. The van der Waals surface area contributed by atoms with Gasteiger partial charge in [0.25, 0.3) is 0 Å². The summed E-state index contributed by atoms with van der Waals surface area (Å²) in [5, 5.41) is 1.00. The number of rotatable bonds is 6. The molecule has 0 aliphatic carbocycles. The third-order valence-electron chi connectivity index (χ3n) is 2.02. The van der Waals surface area contributed by atoms with Crippen LogP contribution in [-0.2, 0) is 0 Å². The van der Waals surface area contributed by atoms with Crippen molar-refractivity contribution in [2.24, 2.45) is 0 Å². The predicted octanol–water partition coefficient (Wildman–Crippen LogP) is 3.15. The van der Waals surface area contributed by atoms with E-state index < -0.39 is 0 Å². The van der Waals surface area contributed by atoms with Gasteiger partial charge >= 0.3 is 0 Å². The lowest BCUT2D eigenvalue weighted by Gasteiger charge is -2.15. The summed E-state index contributed by atoms with van der Waals surface area (Å²) >= 11 is 6.80. The average molecular weight is 337 g/mol. The molecule has 0 unspecified atom stereocenters. The molecule has 0 atom stereocenters. The molecule has 0 fully saturated rings. The Morgan fingerprint density at radius 1 is 1.20 bits per heavy atom. The highest BCUT2D eigenvalue weighted by atomic mass is 79.9. The molecule has 0 aliphatic rings. The molecule has 0 radical (unpaired) electrons. The molecule has 0 amide bonds. The third kappa shape index (κ3) is 5.54. The van der Waals surface area contributed by atoms with E-state index in [0.717, 1.165) is 35.2 Å². The van der Waals surface area contributed by atoms with Crippen molar-refractivity contribution in [3.8, 4) is 5.75 Å². The van der Waals surface area contributed by atoms with Crippen molar-refractivity contribution in [1.82, 2.24) is 4.90 Å². The van der Waals surface area contributed by atoms with Crippen molar-refractivity contribution in [2.45, 2.75) is 0 Å². The molecule has 0 saturated heterocycles. The van der Waals surface area contributed by atoms with Gasteiger partial charge in [-0.3, -0.25) is 0 Å². The number of likely N-dealkylation sites (N-methyl/N-ethyl adjacent to an activating group) is 1. The number of hydrogen-bond acceptors (Lipinski definition) is 2. The molecule has 0 aliphatic heterocycles. The largest absolute Gasteiger partial charge is 0.492 e. The number of benzene rings is 1. The van der Waals surface area contributed by atoms with Gasteiger partial charge in [-0.25, -0.2) is 0 Å². The van der Waals surface area contributed by atoms with Gasteiger partial charge < -0.3 is 9.64 Å². The minimum absolute atomic E-state index is 0.727. The fraction of sp³-hybridized carbons (Fsp3) is 0.455. The van der Waals surface area contributed by atoms with Crippen LogP contribution in [0, 0.1) is 0 Å². The van der Waals surface area contributed by atoms with Crippen LogP contribution in [0.15, 0.2) is 28.7 Å². The Labute approximate surface area is 108 Å². The van der Waals surface area contributed by atoms with Gasteiger partial charge in [-0.05, 0) is 31.3 Å². The summed E-state index contributed by atoms with van der Waals surface area (Å²) in [5.74, 6) is 0.922. The zero-order chi connectivity index (χ0) is 11.1. The topological polar surface area (TPSA) is 12.5 Å². The molecular formula is C11H15Br2NO. The Hall–Kier alpha value is -0.0600. The van der Waals surface area contributed by atoms with Crippen molar-refractivity contribution in [3.05, 3.63) is 28.7 Å². The first-order valence-electron chi connectivity index (χ1n) is 4.85. The van der Waals surface area contributed by atoms with E-state index in [1.807, 2.05) is 24.3 Å². The molecule has 0 heterocycles. The van der Waals surface area contributed by atoms with Gasteiger partial charge in [0.2, 0.25) is 0 Å². The molecule has 1 rings (SSSR count). The standard InChI is InChI=1S/C11H15Br2NO/c1-14(7-6-12)8-9-15-11-4-2-10(13)3-5-11/h2-5H,6-9H2,1H3. The fourth-order valence-corrected chi connectivity index (χ4v) is 1.98. The van der Waals surface area contributed by atoms with Crippen LogP contribution in [0.4, 0.5) is 0 Å². The maximum Gasteiger partial charge on any atom is 0.119 e. The Kier molecular flexibility index (Phi) is 6.29. The van der Waals surface area contributed by atoms with Crippen LogP contribution < -0.4 is 4.74 Å². The molecule has 0 spiro atoms. The summed E-state index contributed by atoms with van der Waals surface area (Å²) in [6.07, 6.45) is 0. The van der Waals surface area contributed by atoms with E-state index >= 15 is 0 Å². The lowest BCUT2D eigenvalue weighted by Crippen LogP contribution is -2.25. The molecule has 0 aromatic heterocycles. The molecule has 0 N–H and O–H groups in total. The zero-order valence-corrected chi connectivity index (χ0v) is 11.9. The summed E-state index contributed by atoms with van der Waals surface area (Å²) in [5.41, 5.74) is 0. The van der Waals surface area contributed by atoms with Crippen molar-refractivity contribution in [2.75, 3.05) is 32.1 Å². The second-order valence-electron chi connectivity index (χ2n) is 3.29. The van der Waals surface area contributed by atoms with E-state index in [0.29, 0.717) is 0 Å². The summed E-state index contributed by atoms with van der Waals surface area (Å²) < 4.78 is 6.68. The summed E-state index contributed by atoms with van der Waals surface area (Å²) in [6.45, 7) is 2.72. The van der Waals surface area contributed by atoms with E-state index in [-0.39, 0.29) is 0 Å². The van der Waals surface area contributed by atoms with Gasteiger partial charge in [-0.15, -0.1) is 0 Å². The average Bonchev–Trinajstić information content (AvgIpc) is 2.21. The highest BCUT2D eigenvalue weighted by Crippen LogP contribution is 2.15. The molecule has 0 bridgehead atoms. The Balaban J connectivity index is 2.22. The minimum atomic E-state index is 0.727. The lowest BCUT2D eigenvalue weighted by atomic mass is 10.3. The van der Waals surface area contributed by atoms with Crippen LogP contribution in [0.5, 0.6) is 5.75 Å². The lowest BCUT2D eigenvalue weighted by molar-refractivity contribution is 0.245. The molecule has 1 aromatic carbocycles. The van der Waals surface area contributed by atoms with Crippen LogP contribution >= 0.6 is 31.9 Å². The van der Waals surface area contributed by atoms with Crippen LogP contribution in [0.3, 0.4) is 0 Å². The molecule has 1 aromatic rings. The first kappa shape index (κ1) is 13.0. The molecular weight excluding hydrogens is 322 g/mol. The van der Waals surface area contributed by atoms with Crippen LogP contribution in [0.25, 0.3) is 0 Å². The second-order valence-corrected chi connectivity index (χ2v) is 5.00. The SMILES string of the molecule is CN(CCBr)CCOc1ccc(Br)cc1. The van der Waals surface area contributed by atoms with Gasteiger partial charge in [0.1, 0.15) is 12.4 Å². The van der Waals surface area contributed by atoms with Crippen LogP contribution in [-0.4, -0.2) is 37.0 Å². The Morgan fingerprint density at radius 2 is 1.87 bits per heavy atom.